The van der Waals surface area contributed by atoms with Crippen LogP contribution in [0.4, 0.5) is 0 Å². The third-order valence-electron chi connectivity index (χ3n) is 2.75. The second kappa shape index (κ2) is 7.61. The molecule has 1 rings (SSSR count). The fraction of sp³-hybridized carbons (Fsp3) is 0.571. The van der Waals surface area contributed by atoms with E-state index in [-0.39, 0.29) is 11.5 Å². The van der Waals surface area contributed by atoms with Gasteiger partial charge in [-0.1, -0.05) is 20.8 Å². The molecule has 0 amide bonds. The smallest absolute Gasteiger partial charge is 0.240 e. The van der Waals surface area contributed by atoms with Gasteiger partial charge in [0.1, 0.15) is 5.75 Å². The van der Waals surface area contributed by atoms with E-state index in [0.717, 1.165) is 0 Å². The van der Waals surface area contributed by atoms with Crippen molar-refractivity contribution >= 4 is 10.0 Å². The molecule has 0 aliphatic heterocycles. The van der Waals surface area contributed by atoms with Gasteiger partial charge in [-0.05, 0) is 36.6 Å². The molecule has 0 fully saturated rings. The van der Waals surface area contributed by atoms with E-state index in [1.54, 1.807) is 12.1 Å². The van der Waals surface area contributed by atoms with Crippen molar-refractivity contribution in [3.8, 4) is 5.75 Å². The van der Waals surface area contributed by atoms with Crippen LogP contribution in [0.3, 0.4) is 0 Å². The van der Waals surface area contributed by atoms with Gasteiger partial charge in [0.05, 0.1) is 18.1 Å². The number of aliphatic hydroxyl groups is 1. The van der Waals surface area contributed by atoms with Crippen LogP contribution in [0, 0.1) is 5.92 Å². The summed E-state index contributed by atoms with van der Waals surface area (Å²) in [6.45, 7) is 6.27. The zero-order valence-electron chi connectivity index (χ0n) is 12.2. The molecule has 0 aliphatic carbocycles. The molecule has 0 radical (unpaired) electrons. The number of sulfonamides is 1. The van der Waals surface area contributed by atoms with Gasteiger partial charge in [-0.3, -0.25) is 0 Å². The highest BCUT2D eigenvalue weighted by molar-refractivity contribution is 7.89. The maximum atomic E-state index is 12.1. The molecule has 1 aromatic carbocycles. The van der Waals surface area contributed by atoms with Crippen molar-refractivity contribution in [3.63, 3.8) is 0 Å². The van der Waals surface area contributed by atoms with Crippen LogP contribution in [0.5, 0.6) is 5.75 Å². The van der Waals surface area contributed by atoms with Crippen molar-refractivity contribution in [2.75, 3.05) is 13.2 Å². The Morgan fingerprint density at radius 1 is 1.25 bits per heavy atom. The van der Waals surface area contributed by atoms with Crippen LogP contribution < -0.4 is 9.46 Å². The Hall–Kier alpha value is -1.11. The van der Waals surface area contributed by atoms with E-state index in [1.165, 1.54) is 12.1 Å². The maximum Gasteiger partial charge on any atom is 0.240 e. The lowest BCUT2D eigenvalue weighted by Crippen LogP contribution is -2.36. The Labute approximate surface area is 121 Å². The monoisotopic (exact) mass is 301 g/mol. The first-order valence-corrected chi connectivity index (χ1v) is 8.23. The molecule has 114 valence electrons. The van der Waals surface area contributed by atoms with Crippen LogP contribution >= 0.6 is 0 Å². The SMILES string of the molecule is CC[C@H](CO)NS(=O)(=O)c1ccc(OCC(C)C)cc1. The Kier molecular flexibility index (Phi) is 6.45. The first-order chi connectivity index (χ1) is 9.39. The molecule has 5 nitrogen and oxygen atoms in total. The van der Waals surface area contributed by atoms with Crippen molar-refractivity contribution in [2.24, 2.45) is 5.92 Å². The molecule has 0 aromatic heterocycles. The molecule has 0 saturated carbocycles. The summed E-state index contributed by atoms with van der Waals surface area (Å²) in [5.74, 6) is 1.06. The Morgan fingerprint density at radius 2 is 1.85 bits per heavy atom. The first-order valence-electron chi connectivity index (χ1n) is 6.75. The highest BCUT2D eigenvalue weighted by Crippen LogP contribution is 2.17. The third kappa shape index (κ3) is 5.11. The van der Waals surface area contributed by atoms with E-state index in [4.69, 9.17) is 9.84 Å². The predicted octanol–water partition coefficient (Wildman–Crippen LogP) is 1.77. The topological polar surface area (TPSA) is 75.6 Å². The standard InChI is InChI=1S/C14H23NO4S/c1-4-12(9-16)15-20(17,18)14-7-5-13(6-8-14)19-10-11(2)3/h5-8,11-12,15-16H,4,9-10H2,1-3H3/t12-/m1/s1. The van der Waals surface area contributed by atoms with Crippen molar-refractivity contribution in [1.82, 2.24) is 4.72 Å². The maximum absolute atomic E-state index is 12.1. The molecule has 1 atom stereocenters. The van der Waals surface area contributed by atoms with E-state index in [1.807, 2.05) is 20.8 Å². The normalized spacial score (nSPS) is 13.4. The summed E-state index contributed by atoms with van der Waals surface area (Å²) in [7, 11) is -3.60. The van der Waals surface area contributed by atoms with Gasteiger partial charge in [0.15, 0.2) is 0 Å². The van der Waals surface area contributed by atoms with E-state index >= 15 is 0 Å². The number of hydrogen-bond acceptors (Lipinski definition) is 4. The van der Waals surface area contributed by atoms with Crippen molar-refractivity contribution in [3.05, 3.63) is 24.3 Å². The molecule has 0 saturated heterocycles. The molecular weight excluding hydrogens is 278 g/mol. The highest BCUT2D eigenvalue weighted by atomic mass is 32.2. The van der Waals surface area contributed by atoms with E-state index < -0.39 is 16.1 Å². The summed E-state index contributed by atoms with van der Waals surface area (Å²) < 4.78 is 32.1. The minimum Gasteiger partial charge on any atom is -0.493 e. The predicted molar refractivity (Wildman–Crippen MR) is 78.3 cm³/mol. The summed E-state index contributed by atoms with van der Waals surface area (Å²) in [4.78, 5) is 0.168. The van der Waals surface area contributed by atoms with Gasteiger partial charge in [0.25, 0.3) is 0 Å². The fourth-order valence-corrected chi connectivity index (χ4v) is 2.83. The molecule has 0 spiro atoms. The van der Waals surface area contributed by atoms with E-state index in [9.17, 15) is 8.42 Å². The molecule has 1 aromatic rings. The van der Waals surface area contributed by atoms with Crippen LogP contribution in [0.25, 0.3) is 0 Å². The van der Waals surface area contributed by atoms with Crippen LogP contribution in [-0.2, 0) is 10.0 Å². The van der Waals surface area contributed by atoms with Gasteiger partial charge < -0.3 is 9.84 Å². The molecule has 2 N–H and O–H groups in total. The van der Waals surface area contributed by atoms with Crippen molar-refractivity contribution in [1.29, 1.82) is 0 Å². The van der Waals surface area contributed by atoms with Gasteiger partial charge in [-0.2, -0.15) is 0 Å². The number of benzene rings is 1. The van der Waals surface area contributed by atoms with Gasteiger partial charge >= 0.3 is 0 Å². The van der Waals surface area contributed by atoms with Crippen LogP contribution in [0.2, 0.25) is 0 Å². The lowest BCUT2D eigenvalue weighted by Gasteiger charge is -2.14. The minimum absolute atomic E-state index is 0.168. The van der Waals surface area contributed by atoms with Crippen LogP contribution in [-0.4, -0.2) is 32.8 Å². The fourth-order valence-electron chi connectivity index (χ4n) is 1.52. The Bertz CT molecular complexity index is 492. The van der Waals surface area contributed by atoms with Gasteiger partial charge in [-0.25, -0.2) is 13.1 Å². The highest BCUT2D eigenvalue weighted by Gasteiger charge is 2.18. The summed E-state index contributed by atoms with van der Waals surface area (Å²) in [5, 5.41) is 9.06. The number of nitrogens with one attached hydrogen (secondary N) is 1. The summed E-state index contributed by atoms with van der Waals surface area (Å²) in [5.41, 5.74) is 0. The summed E-state index contributed by atoms with van der Waals surface area (Å²) >= 11 is 0. The molecule has 0 bridgehead atoms. The average Bonchev–Trinajstić information content (AvgIpc) is 2.43. The molecule has 0 unspecified atom stereocenters. The molecule has 0 heterocycles. The van der Waals surface area contributed by atoms with Gasteiger partial charge in [0.2, 0.25) is 10.0 Å². The largest absolute Gasteiger partial charge is 0.493 e. The number of aliphatic hydroxyl groups excluding tert-OH is 1. The van der Waals surface area contributed by atoms with Gasteiger partial charge in [-0.15, -0.1) is 0 Å². The first kappa shape index (κ1) is 16.9. The zero-order chi connectivity index (χ0) is 15.2. The Balaban J connectivity index is 2.76. The van der Waals surface area contributed by atoms with Crippen LogP contribution in [0.1, 0.15) is 27.2 Å². The van der Waals surface area contributed by atoms with Crippen molar-refractivity contribution < 1.29 is 18.3 Å². The molecular formula is C14H23NO4S. The van der Waals surface area contributed by atoms with E-state index in [2.05, 4.69) is 4.72 Å². The van der Waals surface area contributed by atoms with Crippen LogP contribution in [0.15, 0.2) is 29.2 Å². The third-order valence-corrected chi connectivity index (χ3v) is 4.29. The second-order valence-electron chi connectivity index (χ2n) is 5.09. The van der Waals surface area contributed by atoms with E-state index in [0.29, 0.717) is 24.7 Å². The summed E-state index contributed by atoms with van der Waals surface area (Å²) in [6.07, 6.45) is 0.533. The number of ether oxygens (including phenoxy) is 1. The number of rotatable bonds is 8. The lowest BCUT2D eigenvalue weighted by molar-refractivity contribution is 0.254. The van der Waals surface area contributed by atoms with Gasteiger partial charge in [0, 0.05) is 6.04 Å². The van der Waals surface area contributed by atoms with Crippen molar-refractivity contribution in [2.45, 2.75) is 38.1 Å². The quantitative estimate of drug-likeness (QED) is 0.767. The summed E-state index contributed by atoms with van der Waals surface area (Å²) in [6, 6.07) is 5.81. The molecule has 6 heteroatoms. The lowest BCUT2D eigenvalue weighted by atomic mass is 10.2. The minimum atomic E-state index is -3.60. The molecule has 20 heavy (non-hydrogen) atoms. The molecule has 0 aliphatic rings. The Morgan fingerprint density at radius 3 is 2.30 bits per heavy atom. The zero-order valence-corrected chi connectivity index (χ0v) is 13.0. The average molecular weight is 301 g/mol. The number of hydrogen-bond donors (Lipinski definition) is 2. The second-order valence-corrected chi connectivity index (χ2v) is 6.80.